The van der Waals surface area contributed by atoms with Gasteiger partial charge in [-0.25, -0.2) is 0 Å². The van der Waals surface area contributed by atoms with Crippen molar-refractivity contribution in [2.24, 2.45) is 5.41 Å². The number of benzene rings is 1. The van der Waals surface area contributed by atoms with Crippen molar-refractivity contribution in [3.05, 3.63) is 35.4 Å². The number of ketones is 1. The van der Waals surface area contributed by atoms with Crippen molar-refractivity contribution in [2.45, 2.75) is 60.4 Å². The lowest BCUT2D eigenvalue weighted by Gasteiger charge is -2.19. The van der Waals surface area contributed by atoms with Gasteiger partial charge in [-0.3, -0.25) is 4.79 Å². The minimum absolute atomic E-state index is 0.120. The van der Waals surface area contributed by atoms with Crippen LogP contribution in [0.4, 0.5) is 0 Å². The van der Waals surface area contributed by atoms with Gasteiger partial charge in [0.15, 0.2) is 5.78 Å². The normalized spacial score (nSPS) is 12.5. The zero-order valence-corrected chi connectivity index (χ0v) is 14.2. The van der Waals surface area contributed by atoms with Crippen molar-refractivity contribution in [2.75, 3.05) is 6.61 Å². The number of rotatable bonds is 6. The molecule has 0 aromatic heterocycles. The minimum Gasteiger partial charge on any atom is -0.371 e. The number of Topliss-reactive ketones (excluding diaryl/α,β-unsaturated/α-hetero) is 1. The zero-order valence-electron chi connectivity index (χ0n) is 14.2. The fourth-order valence-electron chi connectivity index (χ4n) is 1.59. The quantitative estimate of drug-likeness (QED) is 0.790. The molecule has 0 radical (unpaired) electrons. The molecule has 0 saturated heterocycles. The molecule has 1 rings (SSSR count). The minimum atomic E-state index is -0.345. The summed E-state index contributed by atoms with van der Waals surface area (Å²) in [5.41, 5.74) is 1.69. The summed E-state index contributed by atoms with van der Waals surface area (Å²) in [6.45, 7) is 13.0. The monoisotopic (exact) mass is 292 g/mol. The number of hydrogen-bond donors (Lipinski definition) is 0. The van der Waals surface area contributed by atoms with Crippen LogP contribution in [-0.4, -0.2) is 18.0 Å². The van der Waals surface area contributed by atoms with Gasteiger partial charge in [0.05, 0.1) is 18.8 Å². The van der Waals surface area contributed by atoms with E-state index in [9.17, 15) is 4.79 Å². The lowest BCUT2D eigenvalue weighted by atomic mass is 9.91. The van der Waals surface area contributed by atoms with Gasteiger partial charge in [0.1, 0.15) is 6.61 Å². The third kappa shape index (κ3) is 7.39. The summed E-state index contributed by atoms with van der Waals surface area (Å²) in [7, 11) is 0. The van der Waals surface area contributed by atoms with Gasteiger partial charge >= 0.3 is 0 Å². The number of carbonyl (C=O) groups excluding carboxylic acids is 1. The van der Waals surface area contributed by atoms with E-state index in [1.54, 1.807) is 0 Å². The first-order chi connectivity index (χ1) is 9.58. The number of ether oxygens (including phenoxy) is 2. The summed E-state index contributed by atoms with van der Waals surface area (Å²) in [6, 6.07) is 8.09. The van der Waals surface area contributed by atoms with E-state index in [1.165, 1.54) is 0 Å². The van der Waals surface area contributed by atoms with Crippen LogP contribution in [-0.2, 0) is 27.5 Å². The molecule has 0 saturated carbocycles. The molecule has 21 heavy (non-hydrogen) atoms. The fraction of sp³-hybridized carbons (Fsp3) is 0.611. The Morgan fingerprint density at radius 1 is 1.00 bits per heavy atom. The topological polar surface area (TPSA) is 35.5 Å². The van der Waals surface area contributed by atoms with Gasteiger partial charge in [-0.15, -0.1) is 0 Å². The molecule has 0 amide bonds. The van der Waals surface area contributed by atoms with Crippen LogP contribution in [0.25, 0.3) is 0 Å². The van der Waals surface area contributed by atoms with Crippen molar-refractivity contribution in [1.82, 2.24) is 0 Å². The first-order valence-corrected chi connectivity index (χ1v) is 7.41. The van der Waals surface area contributed by atoms with Crippen molar-refractivity contribution in [3.63, 3.8) is 0 Å². The molecule has 1 aromatic rings. The number of carbonyl (C=O) groups is 1. The van der Waals surface area contributed by atoms with E-state index in [0.717, 1.165) is 11.1 Å². The van der Waals surface area contributed by atoms with Crippen LogP contribution in [0.5, 0.6) is 0 Å². The van der Waals surface area contributed by atoms with E-state index in [1.807, 2.05) is 59.7 Å². The smallest absolute Gasteiger partial charge is 0.163 e. The number of hydrogen-bond acceptors (Lipinski definition) is 3. The Kier molecular flexibility index (Phi) is 6.11. The van der Waals surface area contributed by atoms with E-state index in [-0.39, 0.29) is 23.4 Å². The highest BCUT2D eigenvalue weighted by atomic mass is 16.5. The van der Waals surface area contributed by atoms with Gasteiger partial charge in [-0.05, 0) is 31.9 Å². The first kappa shape index (κ1) is 17.9. The van der Waals surface area contributed by atoms with E-state index >= 15 is 0 Å². The molecule has 0 aliphatic carbocycles. The summed E-state index contributed by atoms with van der Waals surface area (Å²) < 4.78 is 11.3. The maximum atomic E-state index is 11.8. The van der Waals surface area contributed by atoms with Crippen molar-refractivity contribution in [1.29, 1.82) is 0 Å². The van der Waals surface area contributed by atoms with Gasteiger partial charge in [-0.2, -0.15) is 0 Å². The van der Waals surface area contributed by atoms with E-state index in [4.69, 9.17) is 9.47 Å². The standard InChI is InChI=1S/C18H28O3/c1-17(2,3)16(19)13-20-11-14-8-7-9-15(10-14)12-21-18(4,5)6/h7-10H,11-13H2,1-6H3. The summed E-state index contributed by atoms with van der Waals surface area (Å²) in [5.74, 6) is 0.120. The van der Waals surface area contributed by atoms with Crippen LogP contribution in [0.1, 0.15) is 52.7 Å². The largest absolute Gasteiger partial charge is 0.371 e. The highest BCUT2D eigenvalue weighted by Gasteiger charge is 2.20. The molecule has 0 aliphatic rings. The maximum Gasteiger partial charge on any atom is 0.163 e. The first-order valence-electron chi connectivity index (χ1n) is 7.41. The van der Waals surface area contributed by atoms with Gasteiger partial charge in [0, 0.05) is 5.41 Å². The Morgan fingerprint density at radius 3 is 2.10 bits per heavy atom. The molecule has 0 N–H and O–H groups in total. The molecule has 118 valence electrons. The second kappa shape index (κ2) is 7.19. The Morgan fingerprint density at radius 2 is 1.57 bits per heavy atom. The Bertz CT molecular complexity index is 464. The van der Waals surface area contributed by atoms with E-state index in [0.29, 0.717) is 13.2 Å². The van der Waals surface area contributed by atoms with Crippen LogP contribution < -0.4 is 0 Å². The Balaban J connectivity index is 2.48. The van der Waals surface area contributed by atoms with Gasteiger partial charge < -0.3 is 9.47 Å². The molecule has 0 spiro atoms. The predicted molar refractivity (Wildman–Crippen MR) is 85.1 cm³/mol. The average Bonchev–Trinajstić information content (AvgIpc) is 2.35. The van der Waals surface area contributed by atoms with Crippen molar-refractivity contribution in [3.8, 4) is 0 Å². The van der Waals surface area contributed by atoms with Crippen molar-refractivity contribution >= 4 is 5.78 Å². The van der Waals surface area contributed by atoms with Gasteiger partial charge in [0.25, 0.3) is 0 Å². The highest BCUT2D eigenvalue weighted by molar-refractivity contribution is 5.84. The molecule has 1 aromatic carbocycles. The van der Waals surface area contributed by atoms with Gasteiger partial charge in [-0.1, -0.05) is 45.0 Å². The van der Waals surface area contributed by atoms with Crippen LogP contribution >= 0.6 is 0 Å². The SMILES string of the molecule is CC(C)(C)OCc1cccc(COCC(=O)C(C)(C)C)c1. The molecule has 3 nitrogen and oxygen atoms in total. The Labute approximate surface area is 128 Å². The molecule has 0 aliphatic heterocycles. The predicted octanol–water partition coefficient (Wildman–Crippen LogP) is 4.13. The van der Waals surface area contributed by atoms with Crippen LogP contribution in [0.3, 0.4) is 0 Å². The van der Waals surface area contributed by atoms with Crippen LogP contribution in [0.2, 0.25) is 0 Å². The molecule has 0 heterocycles. The van der Waals surface area contributed by atoms with E-state index in [2.05, 4.69) is 6.07 Å². The molecule has 0 fully saturated rings. The second-order valence-electron chi connectivity index (χ2n) is 7.39. The van der Waals surface area contributed by atoms with Crippen LogP contribution in [0.15, 0.2) is 24.3 Å². The fourth-order valence-corrected chi connectivity index (χ4v) is 1.59. The lowest BCUT2D eigenvalue weighted by molar-refractivity contribution is -0.131. The molecule has 3 heteroatoms. The molecular formula is C18H28O3. The average molecular weight is 292 g/mol. The zero-order chi connectivity index (χ0) is 16.1. The van der Waals surface area contributed by atoms with Gasteiger partial charge in [0.2, 0.25) is 0 Å². The van der Waals surface area contributed by atoms with Crippen molar-refractivity contribution < 1.29 is 14.3 Å². The molecular weight excluding hydrogens is 264 g/mol. The second-order valence-corrected chi connectivity index (χ2v) is 7.39. The Hall–Kier alpha value is -1.19. The third-order valence-electron chi connectivity index (χ3n) is 3.00. The summed E-state index contributed by atoms with van der Waals surface area (Å²) in [6.07, 6.45) is 0. The molecule has 0 bridgehead atoms. The molecule has 0 unspecified atom stereocenters. The lowest BCUT2D eigenvalue weighted by Crippen LogP contribution is -2.24. The maximum absolute atomic E-state index is 11.8. The summed E-state index contributed by atoms with van der Waals surface area (Å²) >= 11 is 0. The summed E-state index contributed by atoms with van der Waals surface area (Å²) in [5, 5.41) is 0. The summed E-state index contributed by atoms with van der Waals surface area (Å²) in [4.78, 5) is 11.8. The third-order valence-corrected chi connectivity index (χ3v) is 3.00. The molecule has 0 atom stereocenters. The van der Waals surface area contributed by atoms with Crippen LogP contribution in [0, 0.1) is 5.41 Å². The highest BCUT2D eigenvalue weighted by Crippen LogP contribution is 2.16. The van der Waals surface area contributed by atoms with E-state index < -0.39 is 0 Å².